The van der Waals surface area contributed by atoms with E-state index >= 15 is 0 Å². The minimum Gasteiger partial charge on any atom is -0.508 e. The van der Waals surface area contributed by atoms with E-state index in [0.29, 0.717) is 13.0 Å². The van der Waals surface area contributed by atoms with Gasteiger partial charge in [-0.25, -0.2) is 4.79 Å². The Morgan fingerprint density at radius 2 is 2.14 bits per heavy atom. The predicted octanol–water partition coefficient (Wildman–Crippen LogP) is 0.662. The van der Waals surface area contributed by atoms with E-state index in [1.807, 2.05) is 6.92 Å². The van der Waals surface area contributed by atoms with Gasteiger partial charge >= 0.3 is 5.97 Å². The minimum absolute atomic E-state index is 0.183. The van der Waals surface area contributed by atoms with Crippen LogP contribution in [0.25, 0.3) is 0 Å². The predicted molar refractivity (Wildman–Crippen MR) is 49.6 cm³/mol. The molecule has 0 bridgehead atoms. The number of aromatic nitrogens is 1. The molecule has 2 N–H and O–H groups in total. The lowest BCUT2D eigenvalue weighted by atomic mass is 10.3. The first-order chi connectivity index (χ1) is 6.56. The van der Waals surface area contributed by atoms with Gasteiger partial charge in [0.25, 0.3) is 5.56 Å². The number of aromatic carboxylic acids is 1. The minimum atomic E-state index is -1.22. The first-order valence-corrected chi connectivity index (χ1v) is 4.23. The number of rotatable bonds is 3. The average molecular weight is 197 g/mol. The quantitative estimate of drug-likeness (QED) is 0.746. The Hall–Kier alpha value is -1.78. The molecule has 0 aromatic carbocycles. The molecule has 0 atom stereocenters. The fourth-order valence-electron chi connectivity index (χ4n) is 1.21. The van der Waals surface area contributed by atoms with Crippen LogP contribution in [0, 0.1) is 0 Å². The molecule has 0 fully saturated rings. The van der Waals surface area contributed by atoms with E-state index in [2.05, 4.69) is 0 Å². The average Bonchev–Trinajstić information content (AvgIpc) is 2.09. The van der Waals surface area contributed by atoms with Crippen LogP contribution < -0.4 is 5.56 Å². The van der Waals surface area contributed by atoms with Crippen LogP contribution in [0.15, 0.2) is 16.9 Å². The molecule has 0 saturated carbocycles. The van der Waals surface area contributed by atoms with Crippen LogP contribution in [0.5, 0.6) is 5.75 Å². The number of hydrogen-bond acceptors (Lipinski definition) is 3. The van der Waals surface area contributed by atoms with Gasteiger partial charge in [-0.2, -0.15) is 0 Å². The highest BCUT2D eigenvalue weighted by atomic mass is 16.4. The summed E-state index contributed by atoms with van der Waals surface area (Å²) in [6, 6.07) is 2.07. The maximum absolute atomic E-state index is 11.3. The Morgan fingerprint density at radius 1 is 1.50 bits per heavy atom. The standard InChI is InChI=1S/C9H11NO4/c1-2-3-10-7(9(13)14)4-6(11)5-8(10)12/h4-5,11H,2-3H2,1H3,(H,13,14). The van der Waals surface area contributed by atoms with Crippen molar-refractivity contribution in [2.45, 2.75) is 19.9 Å². The molecule has 0 aliphatic rings. The first-order valence-electron chi connectivity index (χ1n) is 4.23. The van der Waals surface area contributed by atoms with Gasteiger partial charge in [-0.15, -0.1) is 0 Å². The van der Waals surface area contributed by atoms with Crippen molar-refractivity contribution in [3.63, 3.8) is 0 Å². The maximum Gasteiger partial charge on any atom is 0.352 e. The zero-order valence-corrected chi connectivity index (χ0v) is 7.73. The van der Waals surface area contributed by atoms with Gasteiger partial charge in [0.2, 0.25) is 0 Å². The second-order valence-electron chi connectivity index (χ2n) is 2.89. The molecule has 0 radical (unpaired) electrons. The Morgan fingerprint density at radius 3 is 2.64 bits per heavy atom. The van der Waals surface area contributed by atoms with Crippen molar-refractivity contribution < 1.29 is 15.0 Å². The highest BCUT2D eigenvalue weighted by Crippen LogP contribution is 2.08. The van der Waals surface area contributed by atoms with Gasteiger partial charge < -0.3 is 14.8 Å². The first kappa shape index (κ1) is 10.3. The molecule has 0 saturated heterocycles. The van der Waals surface area contributed by atoms with E-state index in [-0.39, 0.29) is 11.4 Å². The monoisotopic (exact) mass is 197 g/mol. The zero-order chi connectivity index (χ0) is 10.7. The molecule has 0 amide bonds. The lowest BCUT2D eigenvalue weighted by Crippen LogP contribution is -2.24. The third kappa shape index (κ3) is 1.93. The topological polar surface area (TPSA) is 79.5 Å². The number of aromatic hydroxyl groups is 1. The zero-order valence-electron chi connectivity index (χ0n) is 7.73. The molecule has 1 heterocycles. The summed E-state index contributed by atoms with van der Waals surface area (Å²) < 4.78 is 1.13. The number of carbonyl (C=O) groups is 1. The number of carboxylic acid groups (broad SMARTS) is 1. The largest absolute Gasteiger partial charge is 0.508 e. The maximum atomic E-state index is 11.3. The van der Waals surface area contributed by atoms with Crippen LogP contribution in [0.4, 0.5) is 0 Å². The van der Waals surface area contributed by atoms with Gasteiger partial charge in [0.15, 0.2) is 0 Å². The second kappa shape index (κ2) is 3.95. The molecule has 1 aromatic rings. The van der Waals surface area contributed by atoms with Crippen molar-refractivity contribution in [1.82, 2.24) is 4.57 Å². The van der Waals surface area contributed by atoms with E-state index in [1.165, 1.54) is 0 Å². The van der Waals surface area contributed by atoms with E-state index in [9.17, 15) is 9.59 Å². The van der Waals surface area contributed by atoms with Crippen molar-refractivity contribution in [2.75, 3.05) is 0 Å². The highest BCUT2D eigenvalue weighted by molar-refractivity contribution is 5.86. The van der Waals surface area contributed by atoms with Gasteiger partial charge in [0, 0.05) is 18.7 Å². The second-order valence-corrected chi connectivity index (χ2v) is 2.89. The Kier molecular flexibility index (Phi) is 2.91. The normalized spacial score (nSPS) is 10.1. The lowest BCUT2D eigenvalue weighted by molar-refractivity contribution is 0.0682. The van der Waals surface area contributed by atoms with E-state index in [0.717, 1.165) is 16.7 Å². The van der Waals surface area contributed by atoms with Crippen molar-refractivity contribution in [3.05, 3.63) is 28.2 Å². The molecule has 5 nitrogen and oxygen atoms in total. The van der Waals surface area contributed by atoms with Gasteiger partial charge in [-0.1, -0.05) is 6.92 Å². The Labute approximate surface area is 80.2 Å². The molecule has 76 valence electrons. The summed E-state index contributed by atoms with van der Waals surface area (Å²) >= 11 is 0. The Balaban J connectivity index is 3.36. The summed E-state index contributed by atoms with van der Waals surface area (Å²) in [5.74, 6) is -1.54. The van der Waals surface area contributed by atoms with Crippen LogP contribution in [-0.2, 0) is 6.54 Å². The van der Waals surface area contributed by atoms with E-state index < -0.39 is 11.5 Å². The molecule has 0 aliphatic carbocycles. The fraction of sp³-hybridized carbons (Fsp3) is 0.333. The van der Waals surface area contributed by atoms with Gasteiger partial charge in [-0.3, -0.25) is 4.79 Å². The summed E-state index contributed by atoms with van der Waals surface area (Å²) in [6.07, 6.45) is 0.658. The number of pyridine rings is 1. The van der Waals surface area contributed by atoms with E-state index in [1.54, 1.807) is 0 Å². The molecule has 5 heteroatoms. The van der Waals surface area contributed by atoms with Crippen molar-refractivity contribution in [1.29, 1.82) is 0 Å². The summed E-state index contributed by atoms with van der Waals surface area (Å²) in [6.45, 7) is 2.17. The summed E-state index contributed by atoms with van der Waals surface area (Å²) in [4.78, 5) is 22.0. The van der Waals surface area contributed by atoms with Crippen LogP contribution in [-0.4, -0.2) is 20.7 Å². The van der Waals surface area contributed by atoms with Crippen molar-refractivity contribution in [2.24, 2.45) is 0 Å². The summed E-state index contributed by atoms with van der Waals surface area (Å²) in [5.41, 5.74) is -0.680. The third-order valence-corrected chi connectivity index (χ3v) is 1.78. The molecule has 1 rings (SSSR count). The van der Waals surface area contributed by atoms with Crippen molar-refractivity contribution in [3.8, 4) is 5.75 Å². The Bertz CT molecular complexity index is 408. The highest BCUT2D eigenvalue weighted by Gasteiger charge is 2.11. The summed E-state index contributed by atoms with van der Waals surface area (Å²) in [5, 5.41) is 17.8. The third-order valence-electron chi connectivity index (χ3n) is 1.78. The number of carboxylic acids is 1. The van der Waals surface area contributed by atoms with Crippen LogP contribution in [0.1, 0.15) is 23.8 Å². The fourth-order valence-corrected chi connectivity index (χ4v) is 1.21. The molecule has 0 aliphatic heterocycles. The molecule has 0 unspecified atom stereocenters. The number of nitrogens with zero attached hydrogens (tertiary/aromatic N) is 1. The van der Waals surface area contributed by atoms with E-state index in [4.69, 9.17) is 10.2 Å². The van der Waals surface area contributed by atoms with Crippen LogP contribution in [0.2, 0.25) is 0 Å². The van der Waals surface area contributed by atoms with Crippen molar-refractivity contribution >= 4 is 5.97 Å². The van der Waals surface area contributed by atoms with Gasteiger partial charge in [-0.05, 0) is 6.42 Å². The molecular formula is C9H11NO4. The molecular weight excluding hydrogens is 186 g/mol. The van der Waals surface area contributed by atoms with Crippen LogP contribution >= 0.6 is 0 Å². The molecule has 1 aromatic heterocycles. The smallest absolute Gasteiger partial charge is 0.352 e. The SMILES string of the molecule is CCCn1c(C(=O)O)cc(O)cc1=O. The van der Waals surface area contributed by atoms with Gasteiger partial charge in [0.05, 0.1) is 0 Å². The van der Waals surface area contributed by atoms with Gasteiger partial charge in [0.1, 0.15) is 11.4 Å². The number of hydrogen-bond donors (Lipinski definition) is 2. The molecule has 0 spiro atoms. The summed E-state index contributed by atoms with van der Waals surface area (Å²) in [7, 11) is 0. The van der Waals surface area contributed by atoms with Crippen LogP contribution in [0.3, 0.4) is 0 Å². The molecule has 14 heavy (non-hydrogen) atoms. The lowest BCUT2D eigenvalue weighted by Gasteiger charge is -2.07.